The first-order chi connectivity index (χ1) is 16.4. The average Bonchev–Trinajstić information content (AvgIpc) is 3.23. The van der Waals surface area contributed by atoms with Crippen molar-refractivity contribution in [2.24, 2.45) is 0 Å². The van der Waals surface area contributed by atoms with E-state index in [9.17, 15) is 15.0 Å². The van der Waals surface area contributed by atoms with E-state index in [4.69, 9.17) is 9.47 Å². The van der Waals surface area contributed by atoms with Gasteiger partial charge in [-0.2, -0.15) is 0 Å². The predicted molar refractivity (Wildman–Crippen MR) is 126 cm³/mol. The van der Waals surface area contributed by atoms with Gasteiger partial charge in [-0.3, -0.25) is 9.69 Å². The minimum absolute atomic E-state index is 0.0206. The van der Waals surface area contributed by atoms with Crippen molar-refractivity contribution in [3.8, 4) is 34.0 Å². The van der Waals surface area contributed by atoms with Crippen molar-refractivity contribution in [1.29, 1.82) is 0 Å². The molecule has 0 amide bonds. The van der Waals surface area contributed by atoms with E-state index in [-0.39, 0.29) is 24.0 Å². The van der Waals surface area contributed by atoms with Crippen LogP contribution in [0.4, 0.5) is 0 Å². The summed E-state index contributed by atoms with van der Waals surface area (Å²) in [7, 11) is 1.32. The summed E-state index contributed by atoms with van der Waals surface area (Å²) >= 11 is 0. The smallest absolute Gasteiger partial charge is 0.327 e. The molecule has 9 heteroatoms. The van der Waals surface area contributed by atoms with Crippen LogP contribution >= 0.6 is 0 Å². The second-order valence-corrected chi connectivity index (χ2v) is 8.69. The zero-order valence-electron chi connectivity index (χ0n) is 19.7. The van der Waals surface area contributed by atoms with Gasteiger partial charge in [-0.1, -0.05) is 43.3 Å². The van der Waals surface area contributed by atoms with Gasteiger partial charge in [-0.15, -0.1) is 5.10 Å². The second-order valence-electron chi connectivity index (χ2n) is 8.69. The average molecular weight is 467 g/mol. The van der Waals surface area contributed by atoms with Crippen LogP contribution in [0, 0.1) is 0 Å². The van der Waals surface area contributed by atoms with Gasteiger partial charge in [0.05, 0.1) is 26.0 Å². The van der Waals surface area contributed by atoms with Crippen LogP contribution in [-0.2, 0) is 27.4 Å². The number of carbonyl (C=O) groups excluding carboxylic acids is 1. The fourth-order valence-electron chi connectivity index (χ4n) is 4.11. The number of methoxy groups -OCH3 is 1. The van der Waals surface area contributed by atoms with Gasteiger partial charge in [0.1, 0.15) is 23.7 Å². The Hall–Kier alpha value is -3.43. The van der Waals surface area contributed by atoms with Crippen molar-refractivity contribution in [1.82, 2.24) is 19.9 Å². The first-order valence-corrected chi connectivity index (χ1v) is 11.3. The van der Waals surface area contributed by atoms with E-state index >= 15 is 0 Å². The third-order valence-electron chi connectivity index (χ3n) is 6.00. The number of aromatic hydroxyl groups is 2. The molecule has 0 bridgehead atoms. The highest BCUT2D eigenvalue weighted by Crippen LogP contribution is 2.40. The SMILES string of the molecule is COC(=O)Cn1nnc(-c2cc(C(C)C)c(O)cc2O)c1-c1ccc(CN2CCOCC2)cc1. The van der Waals surface area contributed by atoms with Crippen LogP contribution in [0.25, 0.3) is 22.5 Å². The molecule has 34 heavy (non-hydrogen) atoms. The summed E-state index contributed by atoms with van der Waals surface area (Å²) in [5, 5.41) is 29.4. The highest BCUT2D eigenvalue weighted by atomic mass is 16.5. The molecule has 0 atom stereocenters. The number of ether oxygens (including phenoxy) is 2. The van der Waals surface area contributed by atoms with E-state index in [0.29, 0.717) is 22.5 Å². The fraction of sp³-hybridized carbons (Fsp3) is 0.400. The number of hydrogen-bond donors (Lipinski definition) is 2. The second kappa shape index (κ2) is 10.2. The number of nitrogens with zero attached hydrogens (tertiary/aromatic N) is 4. The molecule has 0 spiro atoms. The van der Waals surface area contributed by atoms with E-state index < -0.39 is 5.97 Å². The zero-order valence-corrected chi connectivity index (χ0v) is 19.7. The number of benzene rings is 2. The Morgan fingerprint density at radius 1 is 1.12 bits per heavy atom. The lowest BCUT2D eigenvalue weighted by atomic mass is 9.96. The molecule has 0 saturated carbocycles. The largest absolute Gasteiger partial charge is 0.508 e. The molecule has 1 aliphatic heterocycles. The van der Waals surface area contributed by atoms with Crippen LogP contribution in [0.3, 0.4) is 0 Å². The van der Waals surface area contributed by atoms with E-state index in [1.165, 1.54) is 17.9 Å². The van der Waals surface area contributed by atoms with E-state index in [1.54, 1.807) is 6.07 Å². The summed E-state index contributed by atoms with van der Waals surface area (Å²) in [6.45, 7) is 7.91. The maximum atomic E-state index is 12.0. The van der Waals surface area contributed by atoms with Gasteiger partial charge in [0.15, 0.2) is 0 Å². The standard InChI is InChI=1S/C25H30N4O5/c1-16(2)19-12-20(22(31)13-21(19)30)24-25(29(27-26-24)15-23(32)33-3)18-6-4-17(5-7-18)14-28-8-10-34-11-9-28/h4-7,12-13,16,30-31H,8-11,14-15H2,1-3H3. The molecule has 1 aromatic heterocycles. The molecular weight excluding hydrogens is 436 g/mol. The van der Waals surface area contributed by atoms with Crippen molar-refractivity contribution in [3.05, 3.63) is 47.5 Å². The van der Waals surface area contributed by atoms with Crippen LogP contribution in [0.2, 0.25) is 0 Å². The Balaban J connectivity index is 1.74. The summed E-state index contributed by atoms with van der Waals surface area (Å²) in [6.07, 6.45) is 0. The van der Waals surface area contributed by atoms with E-state index in [1.807, 2.05) is 38.1 Å². The van der Waals surface area contributed by atoms with Crippen molar-refractivity contribution in [2.45, 2.75) is 32.9 Å². The van der Waals surface area contributed by atoms with Crippen molar-refractivity contribution in [3.63, 3.8) is 0 Å². The van der Waals surface area contributed by atoms with Gasteiger partial charge in [0.25, 0.3) is 0 Å². The predicted octanol–water partition coefficient (Wildman–Crippen LogP) is 3.15. The van der Waals surface area contributed by atoms with Crippen molar-refractivity contribution in [2.75, 3.05) is 33.4 Å². The lowest BCUT2D eigenvalue weighted by Crippen LogP contribution is -2.35. The molecule has 3 aromatic rings. The number of hydrogen-bond acceptors (Lipinski definition) is 8. The Bertz CT molecular complexity index is 1150. The van der Waals surface area contributed by atoms with Crippen molar-refractivity contribution >= 4 is 5.97 Å². The van der Waals surface area contributed by atoms with Crippen LogP contribution in [0.1, 0.15) is 30.9 Å². The number of carbonyl (C=O) groups is 1. The maximum absolute atomic E-state index is 12.0. The summed E-state index contributed by atoms with van der Waals surface area (Å²) < 4.78 is 11.7. The van der Waals surface area contributed by atoms with Gasteiger partial charge in [-0.25, -0.2) is 4.68 Å². The Morgan fingerprint density at radius 2 is 1.82 bits per heavy atom. The van der Waals surface area contributed by atoms with Gasteiger partial charge in [-0.05, 0) is 23.1 Å². The third kappa shape index (κ3) is 5.05. The fourth-order valence-corrected chi connectivity index (χ4v) is 4.11. The van der Waals surface area contributed by atoms with Gasteiger partial charge in [0.2, 0.25) is 0 Å². The maximum Gasteiger partial charge on any atom is 0.327 e. The van der Waals surface area contributed by atoms with E-state index in [0.717, 1.165) is 44.0 Å². The van der Waals surface area contributed by atoms with Crippen LogP contribution in [0.15, 0.2) is 36.4 Å². The van der Waals surface area contributed by atoms with Crippen LogP contribution in [0.5, 0.6) is 11.5 Å². The lowest BCUT2D eigenvalue weighted by Gasteiger charge is -2.26. The topological polar surface area (TPSA) is 110 Å². The molecule has 2 aromatic carbocycles. The molecule has 1 fully saturated rings. The monoisotopic (exact) mass is 466 g/mol. The molecule has 180 valence electrons. The number of aromatic nitrogens is 3. The molecule has 1 aliphatic rings. The number of morpholine rings is 1. The number of esters is 1. The first kappa shape index (κ1) is 23.7. The summed E-state index contributed by atoms with van der Waals surface area (Å²) in [6, 6.07) is 11.1. The number of rotatable bonds is 7. The summed E-state index contributed by atoms with van der Waals surface area (Å²) in [5.74, 6) is -0.517. The highest BCUT2D eigenvalue weighted by Gasteiger charge is 2.23. The highest BCUT2D eigenvalue weighted by molar-refractivity contribution is 5.83. The van der Waals surface area contributed by atoms with Crippen LogP contribution in [-0.4, -0.2) is 69.5 Å². The summed E-state index contributed by atoms with van der Waals surface area (Å²) in [5.41, 5.74) is 4.08. The zero-order chi connectivity index (χ0) is 24.2. The number of phenols is 2. The Morgan fingerprint density at radius 3 is 2.47 bits per heavy atom. The molecule has 1 saturated heterocycles. The van der Waals surface area contributed by atoms with Gasteiger partial charge in [0, 0.05) is 36.8 Å². The molecule has 0 aliphatic carbocycles. The van der Waals surface area contributed by atoms with Crippen molar-refractivity contribution < 1.29 is 24.5 Å². The third-order valence-corrected chi connectivity index (χ3v) is 6.00. The minimum atomic E-state index is -0.459. The molecule has 2 heterocycles. The van der Waals surface area contributed by atoms with Gasteiger partial charge >= 0.3 is 5.97 Å². The normalized spacial score (nSPS) is 14.5. The quantitative estimate of drug-likeness (QED) is 0.511. The Kier molecular flexibility index (Phi) is 7.14. The molecule has 0 radical (unpaired) electrons. The lowest BCUT2D eigenvalue weighted by molar-refractivity contribution is -0.141. The molecule has 4 rings (SSSR count). The minimum Gasteiger partial charge on any atom is -0.508 e. The van der Waals surface area contributed by atoms with Crippen LogP contribution < -0.4 is 0 Å². The van der Waals surface area contributed by atoms with E-state index in [2.05, 4.69) is 15.2 Å². The molecule has 0 unspecified atom stereocenters. The molecule has 9 nitrogen and oxygen atoms in total. The summed E-state index contributed by atoms with van der Waals surface area (Å²) in [4.78, 5) is 14.4. The number of phenolic OH excluding ortho intramolecular Hbond substituents is 2. The first-order valence-electron chi connectivity index (χ1n) is 11.3. The molecule has 2 N–H and O–H groups in total. The Labute approximate surface area is 198 Å². The van der Waals surface area contributed by atoms with Gasteiger partial charge < -0.3 is 19.7 Å². The molecular formula is C25H30N4O5.